The molecule has 0 saturated carbocycles. The lowest BCUT2D eigenvalue weighted by atomic mass is 10.3. The molecule has 5 heteroatoms. The monoisotopic (exact) mass is 264 g/mol. The Labute approximate surface area is 93.2 Å². The van der Waals surface area contributed by atoms with Crippen molar-refractivity contribution in [2.45, 2.75) is 24.6 Å². The minimum Gasteiger partial charge on any atom is -0.355 e. The maximum absolute atomic E-state index is 11.2. The molecule has 0 rings (SSSR count). The molecule has 4 nitrogen and oxygen atoms in total. The zero-order valence-corrected chi connectivity index (χ0v) is 10.4. The molecule has 0 aliphatic rings. The van der Waals surface area contributed by atoms with E-state index >= 15 is 0 Å². The van der Waals surface area contributed by atoms with Gasteiger partial charge in [0.15, 0.2) is 0 Å². The third-order valence-corrected chi connectivity index (χ3v) is 2.84. The van der Waals surface area contributed by atoms with Crippen LogP contribution in [0.15, 0.2) is 0 Å². The minimum absolute atomic E-state index is 0.0212. The van der Waals surface area contributed by atoms with Crippen molar-refractivity contribution >= 4 is 27.7 Å². The van der Waals surface area contributed by atoms with E-state index in [1.165, 1.54) is 4.90 Å². The maximum Gasteiger partial charge on any atom is 0.233 e. The molecule has 1 atom stereocenters. The van der Waals surface area contributed by atoms with Crippen molar-refractivity contribution in [2.75, 3.05) is 20.6 Å². The number of amides is 2. The Morgan fingerprint density at radius 3 is 2.43 bits per heavy atom. The van der Waals surface area contributed by atoms with Gasteiger partial charge in [-0.1, -0.05) is 22.9 Å². The van der Waals surface area contributed by atoms with Crippen molar-refractivity contribution in [2.24, 2.45) is 0 Å². The summed E-state index contributed by atoms with van der Waals surface area (Å²) in [7, 11) is 3.40. The lowest BCUT2D eigenvalue weighted by Crippen LogP contribution is -2.34. The average molecular weight is 265 g/mol. The summed E-state index contributed by atoms with van der Waals surface area (Å²) < 4.78 is 0. The van der Waals surface area contributed by atoms with Gasteiger partial charge in [-0.05, 0) is 6.42 Å². The highest BCUT2D eigenvalue weighted by Crippen LogP contribution is 2.03. The van der Waals surface area contributed by atoms with Crippen LogP contribution in [0.4, 0.5) is 0 Å². The first-order chi connectivity index (χ1) is 6.49. The summed E-state index contributed by atoms with van der Waals surface area (Å²) in [5.74, 6) is -0.0352. The quantitative estimate of drug-likeness (QED) is 0.746. The molecule has 0 saturated heterocycles. The number of alkyl halides is 1. The molecule has 0 aromatic rings. The minimum atomic E-state index is -0.156. The van der Waals surface area contributed by atoms with Gasteiger partial charge in [0.1, 0.15) is 0 Å². The number of hydrogen-bond acceptors (Lipinski definition) is 2. The van der Waals surface area contributed by atoms with Crippen LogP contribution in [0.2, 0.25) is 0 Å². The Morgan fingerprint density at radius 1 is 1.43 bits per heavy atom. The molecule has 0 radical (unpaired) electrons. The van der Waals surface area contributed by atoms with E-state index in [1.807, 2.05) is 6.92 Å². The van der Waals surface area contributed by atoms with Crippen LogP contribution in [-0.4, -0.2) is 42.2 Å². The normalized spacial score (nSPS) is 12.0. The molecular formula is C9H17BrN2O2. The molecular weight excluding hydrogens is 248 g/mol. The standard InChI is InChI=1S/C9H17BrN2O2/c1-4-7(10)9(14)11-6-5-8(13)12(2)3/h7H,4-6H2,1-3H3,(H,11,14). The Morgan fingerprint density at radius 2 is 2.00 bits per heavy atom. The summed E-state index contributed by atoms with van der Waals surface area (Å²) in [6.45, 7) is 2.32. The smallest absolute Gasteiger partial charge is 0.233 e. The summed E-state index contributed by atoms with van der Waals surface area (Å²) in [5, 5.41) is 2.69. The Kier molecular flexibility index (Phi) is 6.53. The van der Waals surface area contributed by atoms with Crippen molar-refractivity contribution < 1.29 is 9.59 Å². The largest absolute Gasteiger partial charge is 0.355 e. The Balaban J connectivity index is 3.64. The number of carbonyl (C=O) groups excluding carboxylic acids is 2. The van der Waals surface area contributed by atoms with Gasteiger partial charge in [-0.3, -0.25) is 9.59 Å². The number of nitrogens with zero attached hydrogens (tertiary/aromatic N) is 1. The SMILES string of the molecule is CCC(Br)C(=O)NCCC(=O)N(C)C. The highest BCUT2D eigenvalue weighted by molar-refractivity contribution is 9.10. The van der Waals surface area contributed by atoms with Crippen molar-refractivity contribution in [1.29, 1.82) is 0 Å². The molecule has 1 unspecified atom stereocenters. The van der Waals surface area contributed by atoms with Gasteiger partial charge in [0, 0.05) is 27.1 Å². The topological polar surface area (TPSA) is 49.4 Å². The molecule has 0 bridgehead atoms. The van der Waals surface area contributed by atoms with Crippen molar-refractivity contribution in [3.8, 4) is 0 Å². The van der Waals surface area contributed by atoms with Crippen molar-refractivity contribution in [3.63, 3.8) is 0 Å². The molecule has 0 aromatic carbocycles. The lowest BCUT2D eigenvalue weighted by Gasteiger charge is -2.11. The molecule has 0 spiro atoms. The van der Waals surface area contributed by atoms with Gasteiger partial charge in [-0.2, -0.15) is 0 Å². The zero-order chi connectivity index (χ0) is 11.1. The second kappa shape index (κ2) is 6.81. The number of carbonyl (C=O) groups is 2. The van der Waals surface area contributed by atoms with Crippen LogP contribution in [0.5, 0.6) is 0 Å². The second-order valence-corrected chi connectivity index (χ2v) is 4.31. The van der Waals surface area contributed by atoms with Crippen LogP contribution in [0, 0.1) is 0 Å². The lowest BCUT2D eigenvalue weighted by molar-refractivity contribution is -0.128. The molecule has 0 aliphatic carbocycles. The number of nitrogens with one attached hydrogen (secondary N) is 1. The molecule has 0 fully saturated rings. The van der Waals surface area contributed by atoms with Gasteiger partial charge < -0.3 is 10.2 Å². The van der Waals surface area contributed by atoms with Crippen LogP contribution in [0.1, 0.15) is 19.8 Å². The van der Waals surface area contributed by atoms with E-state index in [0.29, 0.717) is 13.0 Å². The number of rotatable bonds is 5. The molecule has 0 aromatic heterocycles. The first-order valence-corrected chi connectivity index (χ1v) is 5.52. The van der Waals surface area contributed by atoms with Gasteiger partial charge in [0.05, 0.1) is 4.83 Å². The van der Waals surface area contributed by atoms with Crippen LogP contribution < -0.4 is 5.32 Å². The summed E-state index contributed by atoms with van der Waals surface area (Å²) in [4.78, 5) is 23.7. The van der Waals surface area contributed by atoms with Crippen LogP contribution in [-0.2, 0) is 9.59 Å². The van der Waals surface area contributed by atoms with Gasteiger partial charge in [0.25, 0.3) is 0 Å². The Bertz CT molecular complexity index is 207. The average Bonchev–Trinajstić information content (AvgIpc) is 2.15. The molecule has 1 N–H and O–H groups in total. The third-order valence-electron chi connectivity index (χ3n) is 1.78. The van der Waals surface area contributed by atoms with Gasteiger partial charge in [-0.25, -0.2) is 0 Å². The zero-order valence-electron chi connectivity index (χ0n) is 8.84. The molecule has 0 aliphatic heterocycles. The fourth-order valence-electron chi connectivity index (χ4n) is 0.812. The van der Waals surface area contributed by atoms with E-state index in [2.05, 4.69) is 21.2 Å². The van der Waals surface area contributed by atoms with Crippen LogP contribution in [0.3, 0.4) is 0 Å². The maximum atomic E-state index is 11.2. The summed E-state index contributed by atoms with van der Waals surface area (Å²) in [6, 6.07) is 0. The van der Waals surface area contributed by atoms with Gasteiger partial charge in [-0.15, -0.1) is 0 Å². The summed E-state index contributed by atoms with van der Waals surface area (Å²) in [6.07, 6.45) is 1.09. The molecule has 82 valence electrons. The first-order valence-electron chi connectivity index (χ1n) is 4.61. The van der Waals surface area contributed by atoms with E-state index in [4.69, 9.17) is 0 Å². The molecule has 2 amide bonds. The molecule has 14 heavy (non-hydrogen) atoms. The van der Waals surface area contributed by atoms with E-state index < -0.39 is 0 Å². The van der Waals surface area contributed by atoms with Crippen LogP contribution >= 0.6 is 15.9 Å². The van der Waals surface area contributed by atoms with Crippen molar-refractivity contribution in [3.05, 3.63) is 0 Å². The van der Waals surface area contributed by atoms with Crippen LogP contribution in [0.25, 0.3) is 0 Å². The van der Waals surface area contributed by atoms with Gasteiger partial charge >= 0.3 is 0 Å². The fourth-order valence-corrected chi connectivity index (χ4v) is 0.974. The van der Waals surface area contributed by atoms with Crippen molar-refractivity contribution in [1.82, 2.24) is 10.2 Å². The van der Waals surface area contributed by atoms with Gasteiger partial charge in [0.2, 0.25) is 11.8 Å². The van der Waals surface area contributed by atoms with E-state index in [0.717, 1.165) is 6.42 Å². The van der Waals surface area contributed by atoms with E-state index in [-0.39, 0.29) is 16.6 Å². The third kappa shape index (κ3) is 5.21. The Hall–Kier alpha value is -0.580. The second-order valence-electron chi connectivity index (χ2n) is 3.20. The first kappa shape index (κ1) is 13.4. The summed E-state index contributed by atoms with van der Waals surface area (Å²) in [5.41, 5.74) is 0. The van der Waals surface area contributed by atoms with E-state index in [1.54, 1.807) is 14.1 Å². The van der Waals surface area contributed by atoms with E-state index in [9.17, 15) is 9.59 Å². The number of hydrogen-bond donors (Lipinski definition) is 1. The number of halogens is 1. The highest BCUT2D eigenvalue weighted by atomic mass is 79.9. The highest BCUT2D eigenvalue weighted by Gasteiger charge is 2.12. The predicted molar refractivity (Wildman–Crippen MR) is 59.3 cm³/mol. The summed E-state index contributed by atoms with van der Waals surface area (Å²) >= 11 is 3.23. The fraction of sp³-hybridized carbons (Fsp3) is 0.778. The molecule has 0 heterocycles. The predicted octanol–water partition coefficient (Wildman–Crippen LogP) is 0.754.